The highest BCUT2D eigenvalue weighted by Gasteiger charge is 2.01. The van der Waals surface area contributed by atoms with E-state index in [0.29, 0.717) is 4.90 Å². The SMILES string of the molecule is Fc1ccc(-n2cccn2)c(S)c1. The quantitative estimate of drug-likeness (QED) is 0.690. The molecule has 4 heteroatoms. The molecular weight excluding hydrogens is 187 g/mol. The lowest BCUT2D eigenvalue weighted by Crippen LogP contribution is -1.95. The van der Waals surface area contributed by atoms with Gasteiger partial charge in [-0.15, -0.1) is 12.6 Å². The van der Waals surface area contributed by atoms with Crippen molar-refractivity contribution in [2.75, 3.05) is 0 Å². The molecule has 0 fully saturated rings. The summed E-state index contributed by atoms with van der Waals surface area (Å²) in [7, 11) is 0. The lowest BCUT2D eigenvalue weighted by molar-refractivity contribution is 0.623. The second kappa shape index (κ2) is 3.22. The first-order chi connectivity index (χ1) is 6.27. The molecule has 13 heavy (non-hydrogen) atoms. The van der Waals surface area contributed by atoms with Gasteiger partial charge in [0.05, 0.1) is 5.69 Å². The highest BCUT2D eigenvalue weighted by atomic mass is 32.1. The van der Waals surface area contributed by atoms with Crippen LogP contribution in [0.5, 0.6) is 0 Å². The molecule has 0 atom stereocenters. The van der Waals surface area contributed by atoms with Gasteiger partial charge in [-0.05, 0) is 24.3 Å². The van der Waals surface area contributed by atoms with Gasteiger partial charge in [-0.2, -0.15) is 5.10 Å². The molecule has 2 nitrogen and oxygen atoms in total. The summed E-state index contributed by atoms with van der Waals surface area (Å²) in [6.45, 7) is 0. The van der Waals surface area contributed by atoms with Crippen molar-refractivity contribution in [3.63, 3.8) is 0 Å². The van der Waals surface area contributed by atoms with E-state index < -0.39 is 0 Å². The van der Waals surface area contributed by atoms with Gasteiger partial charge in [0, 0.05) is 17.3 Å². The molecule has 0 aliphatic heterocycles. The maximum atomic E-state index is 12.7. The zero-order valence-corrected chi connectivity index (χ0v) is 7.58. The summed E-state index contributed by atoms with van der Waals surface area (Å²) in [6.07, 6.45) is 3.45. The first kappa shape index (κ1) is 8.31. The molecule has 1 aromatic heterocycles. The number of hydrogen-bond donors (Lipinski definition) is 1. The Kier molecular flexibility index (Phi) is 2.06. The number of hydrogen-bond acceptors (Lipinski definition) is 2. The van der Waals surface area contributed by atoms with E-state index in [1.54, 1.807) is 29.2 Å². The molecule has 1 heterocycles. The number of rotatable bonds is 1. The lowest BCUT2D eigenvalue weighted by Gasteiger charge is -2.03. The van der Waals surface area contributed by atoms with Crippen molar-refractivity contribution in [1.82, 2.24) is 9.78 Å². The van der Waals surface area contributed by atoms with Crippen molar-refractivity contribution in [2.45, 2.75) is 4.90 Å². The van der Waals surface area contributed by atoms with Crippen LogP contribution >= 0.6 is 12.6 Å². The minimum absolute atomic E-state index is 0.291. The molecule has 2 rings (SSSR count). The summed E-state index contributed by atoms with van der Waals surface area (Å²) in [5.41, 5.74) is 0.773. The smallest absolute Gasteiger partial charge is 0.124 e. The van der Waals surface area contributed by atoms with Crippen LogP contribution in [0.1, 0.15) is 0 Å². The second-order valence-corrected chi connectivity index (χ2v) is 3.07. The Morgan fingerprint density at radius 2 is 2.23 bits per heavy atom. The lowest BCUT2D eigenvalue weighted by atomic mass is 10.3. The number of aromatic nitrogens is 2. The van der Waals surface area contributed by atoms with E-state index in [9.17, 15) is 4.39 Å². The maximum Gasteiger partial charge on any atom is 0.124 e. The van der Waals surface area contributed by atoms with E-state index in [-0.39, 0.29) is 5.82 Å². The molecule has 0 saturated heterocycles. The standard InChI is InChI=1S/C9H7FN2S/c10-7-2-3-8(9(13)6-7)12-5-1-4-11-12/h1-6,13H. The maximum absolute atomic E-state index is 12.7. The van der Waals surface area contributed by atoms with Crippen LogP contribution in [0.3, 0.4) is 0 Å². The van der Waals surface area contributed by atoms with Crippen LogP contribution in [0, 0.1) is 5.82 Å². The fourth-order valence-electron chi connectivity index (χ4n) is 1.10. The van der Waals surface area contributed by atoms with Crippen LogP contribution in [-0.2, 0) is 0 Å². The summed E-state index contributed by atoms with van der Waals surface area (Å²) < 4.78 is 14.4. The molecule has 0 amide bonds. The molecule has 0 unspecified atom stereocenters. The molecule has 0 aliphatic rings. The van der Waals surface area contributed by atoms with Crippen molar-refractivity contribution in [3.05, 3.63) is 42.5 Å². The average Bonchev–Trinajstić information content (AvgIpc) is 2.56. The molecule has 1 aromatic carbocycles. The Hall–Kier alpha value is -1.29. The normalized spacial score (nSPS) is 10.3. The number of nitrogens with zero attached hydrogens (tertiary/aromatic N) is 2. The van der Waals surface area contributed by atoms with Crippen LogP contribution in [0.15, 0.2) is 41.6 Å². The first-order valence-corrected chi connectivity index (χ1v) is 4.20. The zero-order valence-electron chi connectivity index (χ0n) is 6.68. The molecule has 0 aliphatic carbocycles. The number of benzene rings is 1. The Balaban J connectivity index is 2.53. The van der Waals surface area contributed by atoms with Crippen molar-refractivity contribution < 1.29 is 4.39 Å². The summed E-state index contributed by atoms with van der Waals surface area (Å²) in [4.78, 5) is 0.573. The Bertz CT molecular complexity index is 412. The third kappa shape index (κ3) is 1.58. The molecule has 0 N–H and O–H groups in total. The van der Waals surface area contributed by atoms with E-state index in [0.717, 1.165) is 5.69 Å². The summed E-state index contributed by atoms with van der Waals surface area (Å²) in [5, 5.41) is 4.02. The third-order valence-corrected chi connectivity index (χ3v) is 2.05. The predicted molar refractivity (Wildman–Crippen MR) is 50.8 cm³/mol. The van der Waals surface area contributed by atoms with E-state index in [1.165, 1.54) is 12.1 Å². The molecule has 66 valence electrons. The fourth-order valence-corrected chi connectivity index (χ4v) is 1.40. The van der Waals surface area contributed by atoms with Crippen LogP contribution in [0.25, 0.3) is 5.69 Å². The zero-order chi connectivity index (χ0) is 9.26. The van der Waals surface area contributed by atoms with Gasteiger partial charge in [-0.25, -0.2) is 9.07 Å². The van der Waals surface area contributed by atoms with Crippen molar-refractivity contribution in [1.29, 1.82) is 0 Å². The first-order valence-electron chi connectivity index (χ1n) is 3.76. The summed E-state index contributed by atoms with van der Waals surface area (Å²) >= 11 is 4.15. The van der Waals surface area contributed by atoms with Crippen LogP contribution in [-0.4, -0.2) is 9.78 Å². The Morgan fingerprint density at radius 3 is 2.85 bits per heavy atom. The van der Waals surface area contributed by atoms with Gasteiger partial charge in [0.15, 0.2) is 0 Å². The molecule has 0 saturated carbocycles. The van der Waals surface area contributed by atoms with Gasteiger partial charge in [-0.1, -0.05) is 0 Å². The van der Waals surface area contributed by atoms with Gasteiger partial charge in [0.2, 0.25) is 0 Å². The van der Waals surface area contributed by atoms with Crippen molar-refractivity contribution >= 4 is 12.6 Å². The highest BCUT2D eigenvalue weighted by molar-refractivity contribution is 7.80. The highest BCUT2D eigenvalue weighted by Crippen LogP contribution is 2.18. The average molecular weight is 194 g/mol. The van der Waals surface area contributed by atoms with Gasteiger partial charge >= 0.3 is 0 Å². The van der Waals surface area contributed by atoms with Crippen LogP contribution in [0.2, 0.25) is 0 Å². The van der Waals surface area contributed by atoms with Gasteiger partial charge in [0.25, 0.3) is 0 Å². The van der Waals surface area contributed by atoms with Crippen LogP contribution in [0.4, 0.5) is 4.39 Å². The van der Waals surface area contributed by atoms with E-state index in [1.807, 2.05) is 0 Å². The topological polar surface area (TPSA) is 17.8 Å². The third-order valence-electron chi connectivity index (χ3n) is 1.69. The van der Waals surface area contributed by atoms with E-state index in [4.69, 9.17) is 0 Å². The number of halogens is 1. The predicted octanol–water partition coefficient (Wildman–Crippen LogP) is 2.30. The summed E-state index contributed by atoms with van der Waals surface area (Å²) in [6, 6.07) is 6.19. The molecule has 0 bridgehead atoms. The van der Waals surface area contributed by atoms with Crippen molar-refractivity contribution in [3.8, 4) is 5.69 Å². The Morgan fingerprint density at radius 1 is 1.38 bits per heavy atom. The Labute approximate surface area is 80.4 Å². The fraction of sp³-hybridized carbons (Fsp3) is 0. The van der Waals surface area contributed by atoms with E-state index in [2.05, 4.69) is 17.7 Å². The van der Waals surface area contributed by atoms with Gasteiger partial charge in [-0.3, -0.25) is 0 Å². The molecular formula is C9H7FN2S. The van der Waals surface area contributed by atoms with Gasteiger partial charge < -0.3 is 0 Å². The molecule has 0 radical (unpaired) electrons. The molecule has 0 spiro atoms. The largest absolute Gasteiger partial charge is 0.240 e. The minimum Gasteiger partial charge on any atom is -0.240 e. The number of thiol groups is 1. The monoisotopic (exact) mass is 194 g/mol. The van der Waals surface area contributed by atoms with Gasteiger partial charge in [0.1, 0.15) is 5.82 Å². The minimum atomic E-state index is -0.291. The van der Waals surface area contributed by atoms with Crippen molar-refractivity contribution in [2.24, 2.45) is 0 Å². The van der Waals surface area contributed by atoms with Crippen LogP contribution < -0.4 is 0 Å². The second-order valence-electron chi connectivity index (χ2n) is 2.58. The summed E-state index contributed by atoms with van der Waals surface area (Å²) in [5.74, 6) is -0.291. The molecule has 2 aromatic rings. The van der Waals surface area contributed by atoms with E-state index >= 15 is 0 Å².